The highest BCUT2D eigenvalue weighted by Crippen LogP contribution is 2.44. The topological polar surface area (TPSA) is 23.5 Å². The van der Waals surface area contributed by atoms with Gasteiger partial charge in [-0.25, -0.2) is 4.39 Å². The number of benzene rings is 1. The highest BCUT2D eigenvalue weighted by molar-refractivity contribution is 6.30. The predicted molar refractivity (Wildman–Crippen MR) is 71.3 cm³/mol. The first kappa shape index (κ1) is 13.8. The van der Waals surface area contributed by atoms with E-state index in [0.717, 1.165) is 25.7 Å². The third-order valence-corrected chi connectivity index (χ3v) is 4.36. The van der Waals surface area contributed by atoms with Crippen molar-refractivity contribution in [2.45, 2.75) is 37.3 Å². The summed E-state index contributed by atoms with van der Waals surface area (Å²) in [6.45, 7) is 0. The maximum Gasteiger partial charge on any atom is 0.130 e. The van der Waals surface area contributed by atoms with Gasteiger partial charge in [-0.05, 0) is 39.1 Å². The standard InChI is InChI=1S/C14H19ClFNO/c1-17(2)14(7-3-4-8-14)13(18)11-6-5-10(15)9-12(11)16/h5-6,9,13,18H,3-4,7-8H2,1-2H3. The number of halogens is 2. The lowest BCUT2D eigenvalue weighted by Gasteiger charge is -2.40. The van der Waals surface area contributed by atoms with E-state index in [-0.39, 0.29) is 5.54 Å². The van der Waals surface area contributed by atoms with Gasteiger partial charge in [0, 0.05) is 10.6 Å². The van der Waals surface area contributed by atoms with Gasteiger partial charge < -0.3 is 10.0 Å². The van der Waals surface area contributed by atoms with E-state index in [9.17, 15) is 9.50 Å². The maximum atomic E-state index is 13.9. The summed E-state index contributed by atoms with van der Waals surface area (Å²) in [6.07, 6.45) is 3.12. The van der Waals surface area contributed by atoms with Crippen LogP contribution in [0.1, 0.15) is 37.4 Å². The lowest BCUT2D eigenvalue weighted by molar-refractivity contribution is -0.00672. The van der Waals surface area contributed by atoms with Crippen LogP contribution in [0.3, 0.4) is 0 Å². The van der Waals surface area contributed by atoms with Gasteiger partial charge in [-0.2, -0.15) is 0 Å². The molecule has 100 valence electrons. The summed E-state index contributed by atoms with van der Waals surface area (Å²) in [4.78, 5) is 2.03. The Morgan fingerprint density at radius 3 is 2.44 bits per heavy atom. The van der Waals surface area contributed by atoms with E-state index in [0.29, 0.717) is 10.6 Å². The third kappa shape index (κ3) is 2.27. The molecule has 0 bridgehead atoms. The fraction of sp³-hybridized carbons (Fsp3) is 0.571. The van der Waals surface area contributed by atoms with Crippen molar-refractivity contribution in [1.82, 2.24) is 4.90 Å². The number of hydrogen-bond acceptors (Lipinski definition) is 2. The molecular formula is C14H19ClFNO. The van der Waals surface area contributed by atoms with Crippen LogP contribution >= 0.6 is 11.6 Å². The first-order valence-electron chi connectivity index (χ1n) is 6.28. The fourth-order valence-electron chi connectivity index (χ4n) is 2.97. The fourth-order valence-corrected chi connectivity index (χ4v) is 3.12. The molecule has 1 aliphatic rings. The van der Waals surface area contributed by atoms with Crippen molar-refractivity contribution in [1.29, 1.82) is 0 Å². The van der Waals surface area contributed by atoms with Crippen molar-refractivity contribution in [2.24, 2.45) is 0 Å². The van der Waals surface area contributed by atoms with Gasteiger partial charge in [0.05, 0.1) is 5.54 Å². The Kier molecular flexibility index (Phi) is 3.95. The second-order valence-electron chi connectivity index (χ2n) is 5.27. The van der Waals surface area contributed by atoms with Gasteiger partial charge in [0.25, 0.3) is 0 Å². The first-order valence-corrected chi connectivity index (χ1v) is 6.65. The van der Waals surface area contributed by atoms with Crippen molar-refractivity contribution < 1.29 is 9.50 Å². The van der Waals surface area contributed by atoms with E-state index >= 15 is 0 Å². The van der Waals surface area contributed by atoms with Crippen molar-refractivity contribution in [2.75, 3.05) is 14.1 Å². The molecule has 0 amide bonds. The molecule has 0 aromatic heterocycles. The van der Waals surface area contributed by atoms with Crippen LogP contribution in [0, 0.1) is 5.82 Å². The van der Waals surface area contributed by atoms with Crippen LogP contribution in [0.2, 0.25) is 5.02 Å². The summed E-state index contributed by atoms with van der Waals surface area (Å²) in [7, 11) is 3.89. The third-order valence-electron chi connectivity index (χ3n) is 4.13. The highest BCUT2D eigenvalue weighted by Gasteiger charge is 2.44. The monoisotopic (exact) mass is 271 g/mol. The number of nitrogens with zero attached hydrogens (tertiary/aromatic N) is 1. The minimum atomic E-state index is -0.813. The summed E-state index contributed by atoms with van der Waals surface area (Å²) in [6, 6.07) is 4.48. The highest BCUT2D eigenvalue weighted by atomic mass is 35.5. The first-order chi connectivity index (χ1) is 8.47. The summed E-state index contributed by atoms with van der Waals surface area (Å²) < 4.78 is 13.9. The van der Waals surface area contributed by atoms with Gasteiger partial charge in [0.15, 0.2) is 0 Å². The zero-order valence-corrected chi connectivity index (χ0v) is 11.5. The Labute approximate surface area is 112 Å². The molecule has 4 heteroatoms. The largest absolute Gasteiger partial charge is 0.386 e. The quantitative estimate of drug-likeness (QED) is 0.911. The molecule has 1 atom stereocenters. The van der Waals surface area contributed by atoms with E-state index in [1.807, 2.05) is 19.0 Å². The van der Waals surface area contributed by atoms with Crippen molar-refractivity contribution in [3.8, 4) is 0 Å². The van der Waals surface area contributed by atoms with Crippen molar-refractivity contribution in [3.63, 3.8) is 0 Å². The van der Waals surface area contributed by atoms with Gasteiger partial charge in [-0.3, -0.25) is 0 Å². The van der Waals surface area contributed by atoms with E-state index < -0.39 is 11.9 Å². The van der Waals surface area contributed by atoms with Crippen molar-refractivity contribution in [3.05, 3.63) is 34.6 Å². The Bertz CT molecular complexity index is 430. The number of rotatable bonds is 3. The molecule has 1 aromatic rings. The van der Waals surface area contributed by atoms with Crippen LogP contribution in [0.25, 0.3) is 0 Å². The molecule has 1 N–H and O–H groups in total. The van der Waals surface area contributed by atoms with Crippen LogP contribution in [-0.2, 0) is 0 Å². The summed E-state index contributed by atoms with van der Waals surface area (Å²) in [5.74, 6) is -0.428. The Morgan fingerprint density at radius 2 is 1.94 bits per heavy atom. The molecule has 1 aliphatic carbocycles. The SMILES string of the molecule is CN(C)C1(C(O)c2ccc(Cl)cc2F)CCCC1. The lowest BCUT2D eigenvalue weighted by Crippen LogP contribution is -2.47. The van der Waals surface area contributed by atoms with Gasteiger partial charge in [0.1, 0.15) is 11.9 Å². The van der Waals surface area contributed by atoms with E-state index in [4.69, 9.17) is 11.6 Å². The molecule has 18 heavy (non-hydrogen) atoms. The van der Waals surface area contributed by atoms with Crippen LogP contribution < -0.4 is 0 Å². The summed E-state index contributed by atoms with van der Waals surface area (Å²) >= 11 is 5.75. The van der Waals surface area contributed by atoms with E-state index in [1.165, 1.54) is 6.07 Å². The molecule has 2 nitrogen and oxygen atoms in total. The second kappa shape index (κ2) is 5.16. The van der Waals surface area contributed by atoms with Crippen molar-refractivity contribution >= 4 is 11.6 Å². The minimum Gasteiger partial charge on any atom is -0.386 e. The van der Waals surface area contributed by atoms with Crippen LogP contribution in [-0.4, -0.2) is 29.6 Å². The number of hydrogen-bond donors (Lipinski definition) is 1. The molecular weight excluding hydrogens is 253 g/mol. The molecule has 1 aromatic carbocycles. The molecule has 1 unspecified atom stereocenters. The predicted octanol–water partition coefficient (Wildman–Crippen LogP) is 3.39. The number of aliphatic hydroxyl groups is 1. The van der Waals surface area contributed by atoms with E-state index in [2.05, 4.69) is 0 Å². The normalized spacial score (nSPS) is 20.3. The molecule has 1 saturated carbocycles. The van der Waals surface area contributed by atoms with Gasteiger partial charge in [-0.15, -0.1) is 0 Å². The van der Waals surface area contributed by atoms with Gasteiger partial charge >= 0.3 is 0 Å². The zero-order chi connectivity index (χ0) is 13.3. The molecule has 0 heterocycles. The number of likely N-dealkylation sites (N-methyl/N-ethyl adjacent to an activating group) is 1. The van der Waals surface area contributed by atoms with Crippen LogP contribution in [0.5, 0.6) is 0 Å². The van der Waals surface area contributed by atoms with Gasteiger partial charge in [0.2, 0.25) is 0 Å². The average Bonchev–Trinajstić information content (AvgIpc) is 2.78. The summed E-state index contributed by atoms with van der Waals surface area (Å²) in [5.41, 5.74) is -0.00992. The Hall–Kier alpha value is -0.640. The van der Waals surface area contributed by atoms with Gasteiger partial charge in [-0.1, -0.05) is 30.5 Å². The Morgan fingerprint density at radius 1 is 1.33 bits per heavy atom. The molecule has 0 aliphatic heterocycles. The lowest BCUT2D eigenvalue weighted by atomic mass is 9.84. The van der Waals surface area contributed by atoms with Crippen LogP contribution in [0.15, 0.2) is 18.2 Å². The minimum absolute atomic E-state index is 0.343. The molecule has 1 fully saturated rings. The summed E-state index contributed by atoms with van der Waals surface area (Å²) in [5, 5.41) is 10.9. The zero-order valence-electron chi connectivity index (χ0n) is 10.8. The molecule has 0 saturated heterocycles. The number of aliphatic hydroxyl groups excluding tert-OH is 1. The smallest absolute Gasteiger partial charge is 0.130 e. The maximum absolute atomic E-state index is 13.9. The second-order valence-corrected chi connectivity index (χ2v) is 5.71. The Balaban J connectivity index is 2.37. The van der Waals surface area contributed by atoms with Crippen LogP contribution in [0.4, 0.5) is 4.39 Å². The van der Waals surface area contributed by atoms with E-state index in [1.54, 1.807) is 12.1 Å². The molecule has 2 rings (SSSR count). The molecule has 0 spiro atoms. The molecule has 0 radical (unpaired) electrons. The average molecular weight is 272 g/mol.